The Bertz CT molecular complexity index is 1010. The Balaban J connectivity index is 1.21. The van der Waals surface area contributed by atoms with E-state index in [1.54, 1.807) is 0 Å². The maximum absolute atomic E-state index is 12.5. The van der Waals surface area contributed by atoms with Crippen molar-refractivity contribution >= 4 is 6.03 Å². The summed E-state index contributed by atoms with van der Waals surface area (Å²) in [4.78, 5) is 19.0. The number of nitrogens with zero attached hydrogens (tertiary/aromatic N) is 3. The fourth-order valence-electron chi connectivity index (χ4n) is 4.15. The highest BCUT2D eigenvalue weighted by atomic mass is 16.5. The molecule has 162 valence electrons. The Morgan fingerprint density at radius 1 is 1.13 bits per heavy atom. The first-order chi connectivity index (χ1) is 15.1. The molecule has 1 fully saturated rings. The molecule has 1 N–H and O–H groups in total. The molecule has 0 atom stereocenters. The molecule has 0 saturated carbocycles. The van der Waals surface area contributed by atoms with Crippen molar-refractivity contribution in [1.29, 1.82) is 0 Å². The molecule has 4 rings (SSSR count). The SMILES string of the molecule is Cc1ccc(CCCNC(=O)N2CCC(c3nc(-c4ccccc4)no3)CC2)c(C)c1. The van der Waals surface area contributed by atoms with Gasteiger partial charge in [0.1, 0.15) is 0 Å². The summed E-state index contributed by atoms with van der Waals surface area (Å²) in [7, 11) is 0. The van der Waals surface area contributed by atoms with Crippen molar-refractivity contribution in [2.45, 2.75) is 45.4 Å². The summed E-state index contributed by atoms with van der Waals surface area (Å²) < 4.78 is 5.51. The molecule has 1 saturated heterocycles. The number of piperidine rings is 1. The van der Waals surface area contributed by atoms with Crippen molar-refractivity contribution in [3.8, 4) is 11.4 Å². The van der Waals surface area contributed by atoms with Crippen LogP contribution in [0.5, 0.6) is 0 Å². The number of carbonyl (C=O) groups excluding carboxylic acids is 1. The van der Waals surface area contributed by atoms with Crippen LogP contribution in [-0.2, 0) is 6.42 Å². The van der Waals surface area contributed by atoms with Crippen LogP contribution < -0.4 is 5.32 Å². The minimum atomic E-state index is 0.0228. The van der Waals surface area contributed by atoms with Crippen LogP contribution in [0, 0.1) is 13.8 Å². The predicted molar refractivity (Wildman–Crippen MR) is 121 cm³/mol. The van der Waals surface area contributed by atoms with Crippen molar-refractivity contribution < 1.29 is 9.32 Å². The molecule has 1 aliphatic rings. The van der Waals surface area contributed by atoms with Crippen LogP contribution >= 0.6 is 0 Å². The number of benzene rings is 2. The van der Waals surface area contributed by atoms with Gasteiger partial charge in [-0.15, -0.1) is 0 Å². The fraction of sp³-hybridized carbons (Fsp3) is 0.400. The molecule has 0 aliphatic carbocycles. The number of hydrogen-bond acceptors (Lipinski definition) is 4. The minimum absolute atomic E-state index is 0.0228. The van der Waals surface area contributed by atoms with Crippen molar-refractivity contribution in [1.82, 2.24) is 20.4 Å². The van der Waals surface area contributed by atoms with Crippen molar-refractivity contribution in [2.75, 3.05) is 19.6 Å². The van der Waals surface area contributed by atoms with Gasteiger partial charge >= 0.3 is 6.03 Å². The van der Waals surface area contributed by atoms with Crippen LogP contribution in [-0.4, -0.2) is 40.7 Å². The zero-order valence-electron chi connectivity index (χ0n) is 18.3. The number of aromatic nitrogens is 2. The Hall–Kier alpha value is -3.15. The molecule has 1 aliphatic heterocycles. The van der Waals surface area contributed by atoms with Crippen molar-refractivity contribution in [3.63, 3.8) is 0 Å². The van der Waals surface area contributed by atoms with Crippen LogP contribution in [0.1, 0.15) is 47.8 Å². The van der Waals surface area contributed by atoms with Crippen LogP contribution in [0.25, 0.3) is 11.4 Å². The molecule has 2 heterocycles. The Kier molecular flexibility index (Phi) is 6.65. The summed E-state index contributed by atoms with van der Waals surface area (Å²) in [5.41, 5.74) is 4.92. The second-order valence-corrected chi connectivity index (χ2v) is 8.35. The van der Waals surface area contributed by atoms with E-state index in [-0.39, 0.29) is 11.9 Å². The van der Waals surface area contributed by atoms with Crippen molar-refractivity contribution in [3.05, 3.63) is 71.1 Å². The molecule has 2 aromatic carbocycles. The molecular formula is C25H30N4O2. The van der Waals surface area contributed by atoms with Gasteiger partial charge in [0, 0.05) is 31.1 Å². The van der Waals surface area contributed by atoms with E-state index in [4.69, 9.17) is 4.52 Å². The summed E-state index contributed by atoms with van der Waals surface area (Å²) in [5.74, 6) is 1.51. The molecule has 0 spiro atoms. The molecule has 2 amide bonds. The van der Waals surface area contributed by atoms with Gasteiger partial charge < -0.3 is 14.7 Å². The minimum Gasteiger partial charge on any atom is -0.339 e. The molecule has 31 heavy (non-hydrogen) atoms. The highest BCUT2D eigenvalue weighted by Gasteiger charge is 2.27. The lowest BCUT2D eigenvalue weighted by Crippen LogP contribution is -2.44. The quantitative estimate of drug-likeness (QED) is 0.580. The zero-order valence-corrected chi connectivity index (χ0v) is 18.3. The summed E-state index contributed by atoms with van der Waals surface area (Å²) in [6.45, 7) is 6.36. The largest absolute Gasteiger partial charge is 0.339 e. The molecule has 6 nitrogen and oxygen atoms in total. The van der Waals surface area contributed by atoms with E-state index >= 15 is 0 Å². The number of likely N-dealkylation sites (tertiary alicyclic amines) is 1. The number of carbonyl (C=O) groups is 1. The number of hydrogen-bond donors (Lipinski definition) is 1. The second-order valence-electron chi connectivity index (χ2n) is 8.35. The smallest absolute Gasteiger partial charge is 0.317 e. The van der Waals surface area contributed by atoms with Gasteiger partial charge in [-0.1, -0.05) is 59.3 Å². The van der Waals surface area contributed by atoms with Gasteiger partial charge in [0.05, 0.1) is 0 Å². The Morgan fingerprint density at radius 3 is 2.65 bits per heavy atom. The monoisotopic (exact) mass is 418 g/mol. The highest BCUT2D eigenvalue weighted by Crippen LogP contribution is 2.28. The van der Waals surface area contributed by atoms with Crippen molar-refractivity contribution in [2.24, 2.45) is 0 Å². The summed E-state index contributed by atoms with van der Waals surface area (Å²) in [5, 5.41) is 7.19. The lowest BCUT2D eigenvalue weighted by Gasteiger charge is -2.30. The van der Waals surface area contributed by atoms with E-state index in [0.29, 0.717) is 31.3 Å². The van der Waals surface area contributed by atoms with Gasteiger partial charge in [-0.2, -0.15) is 4.98 Å². The number of aryl methyl sites for hydroxylation is 3. The molecule has 0 radical (unpaired) electrons. The third kappa shape index (κ3) is 5.32. The standard InChI is InChI=1S/C25H30N4O2/c1-18-10-11-20(19(2)17-18)9-6-14-26-25(30)29-15-12-22(13-16-29)24-27-23(28-31-24)21-7-4-3-5-8-21/h3-5,7-8,10-11,17,22H,6,9,12-16H2,1-2H3,(H,26,30). The Morgan fingerprint density at radius 2 is 1.90 bits per heavy atom. The van der Waals surface area contributed by atoms with E-state index in [0.717, 1.165) is 31.2 Å². The number of urea groups is 1. The zero-order chi connectivity index (χ0) is 21.6. The normalized spacial score (nSPS) is 14.6. The highest BCUT2D eigenvalue weighted by molar-refractivity contribution is 5.74. The van der Waals surface area contributed by atoms with E-state index in [9.17, 15) is 4.79 Å². The molecule has 3 aromatic rings. The fourth-order valence-corrected chi connectivity index (χ4v) is 4.15. The predicted octanol–water partition coefficient (Wildman–Crippen LogP) is 4.88. The average Bonchev–Trinajstić information content (AvgIpc) is 3.29. The maximum atomic E-state index is 12.5. The van der Waals surface area contributed by atoms with E-state index in [2.05, 4.69) is 47.5 Å². The van der Waals surface area contributed by atoms with Gasteiger partial charge in [-0.3, -0.25) is 0 Å². The third-order valence-electron chi connectivity index (χ3n) is 6.00. The van der Waals surface area contributed by atoms with E-state index in [1.165, 1.54) is 16.7 Å². The van der Waals surface area contributed by atoms with E-state index < -0.39 is 0 Å². The molecule has 1 aromatic heterocycles. The number of amides is 2. The molecule has 0 bridgehead atoms. The van der Waals surface area contributed by atoms with E-state index in [1.807, 2.05) is 35.2 Å². The number of rotatable bonds is 6. The maximum Gasteiger partial charge on any atom is 0.317 e. The molecule has 0 unspecified atom stereocenters. The Labute approximate surface area is 183 Å². The van der Waals surface area contributed by atoms with Gasteiger partial charge in [-0.05, 0) is 50.7 Å². The van der Waals surface area contributed by atoms with Gasteiger partial charge in [-0.25, -0.2) is 4.79 Å². The average molecular weight is 419 g/mol. The lowest BCUT2D eigenvalue weighted by molar-refractivity contribution is 0.175. The summed E-state index contributed by atoms with van der Waals surface area (Å²) >= 11 is 0. The van der Waals surface area contributed by atoms with Crippen LogP contribution in [0.4, 0.5) is 4.79 Å². The first-order valence-corrected chi connectivity index (χ1v) is 11.1. The van der Waals surface area contributed by atoms with Gasteiger partial charge in [0.2, 0.25) is 11.7 Å². The first kappa shape index (κ1) is 21.1. The summed E-state index contributed by atoms with van der Waals surface area (Å²) in [6.07, 6.45) is 3.60. The first-order valence-electron chi connectivity index (χ1n) is 11.1. The summed E-state index contributed by atoms with van der Waals surface area (Å²) in [6, 6.07) is 16.4. The molecule has 6 heteroatoms. The van der Waals surface area contributed by atoms with Crippen LogP contribution in [0.3, 0.4) is 0 Å². The van der Waals surface area contributed by atoms with Gasteiger partial charge in [0.25, 0.3) is 0 Å². The van der Waals surface area contributed by atoms with Gasteiger partial charge in [0.15, 0.2) is 0 Å². The molecular weight excluding hydrogens is 388 g/mol. The third-order valence-corrected chi connectivity index (χ3v) is 6.00. The lowest BCUT2D eigenvalue weighted by atomic mass is 9.97. The van der Waals surface area contributed by atoms with Crippen LogP contribution in [0.15, 0.2) is 53.1 Å². The second kappa shape index (κ2) is 9.77. The number of nitrogens with one attached hydrogen (secondary N) is 1. The topological polar surface area (TPSA) is 71.3 Å². The van der Waals surface area contributed by atoms with Crippen LogP contribution in [0.2, 0.25) is 0 Å².